The summed E-state index contributed by atoms with van der Waals surface area (Å²) in [5, 5.41) is 11.6. The molecule has 0 saturated carbocycles. The topological polar surface area (TPSA) is 35.8 Å². The highest BCUT2D eigenvalue weighted by molar-refractivity contribution is 5.11. The lowest BCUT2D eigenvalue weighted by atomic mass is 9.76. The van der Waals surface area contributed by atoms with Crippen molar-refractivity contribution in [2.45, 2.75) is 26.8 Å². The van der Waals surface area contributed by atoms with Crippen molar-refractivity contribution in [2.24, 2.45) is 11.3 Å². The van der Waals surface area contributed by atoms with Gasteiger partial charge in [-0.15, -0.1) is 6.58 Å². The first-order chi connectivity index (χ1) is 6.01. The molecule has 74 valence electrons. The van der Waals surface area contributed by atoms with Gasteiger partial charge in [0.2, 0.25) is 0 Å². The minimum absolute atomic E-state index is 0.0331. The van der Waals surface area contributed by atoms with Gasteiger partial charge < -0.3 is 0 Å². The molecule has 0 aliphatic rings. The molecule has 0 aromatic heterocycles. The van der Waals surface area contributed by atoms with E-state index < -0.39 is 12.2 Å². The maximum atomic E-state index is 12.0. The number of nitrogens with one attached hydrogen (secondary N) is 1. The van der Waals surface area contributed by atoms with Gasteiger partial charge >= 0.3 is 0 Å². The molecule has 3 atom stereocenters. The molecule has 2 nitrogen and oxygen atoms in total. The molecule has 0 bridgehead atoms. The Hall–Kier alpha value is -0.880. The fourth-order valence-corrected chi connectivity index (χ4v) is 1.15. The van der Waals surface area contributed by atoms with E-state index in [-0.39, 0.29) is 12.0 Å². The highest BCUT2D eigenvalue weighted by atomic mass is 19.1. The van der Waals surface area contributed by atoms with E-state index in [0.29, 0.717) is 0 Å². The average Bonchev–Trinajstić information content (AvgIpc) is 2.16. The second kappa shape index (κ2) is 4.98. The molecule has 13 heavy (non-hydrogen) atoms. The van der Waals surface area contributed by atoms with Crippen LogP contribution in [0, 0.1) is 22.7 Å². The van der Waals surface area contributed by atoms with E-state index in [1.54, 1.807) is 13.0 Å². The molecule has 2 unspecified atom stereocenters. The van der Waals surface area contributed by atoms with Crippen LogP contribution in [0.2, 0.25) is 0 Å². The Balaban J connectivity index is 4.47. The molecular formula is C10H17FN2. The van der Waals surface area contributed by atoms with Gasteiger partial charge in [-0.1, -0.05) is 13.0 Å². The van der Waals surface area contributed by atoms with Gasteiger partial charge in [0.15, 0.2) is 0 Å². The van der Waals surface area contributed by atoms with E-state index >= 15 is 0 Å². The van der Waals surface area contributed by atoms with Crippen LogP contribution in [0.25, 0.3) is 0 Å². The van der Waals surface area contributed by atoms with Crippen molar-refractivity contribution in [3.8, 4) is 6.07 Å². The molecule has 0 aromatic carbocycles. The highest BCUT2D eigenvalue weighted by Crippen LogP contribution is 2.29. The van der Waals surface area contributed by atoms with Gasteiger partial charge in [-0.3, -0.25) is 5.32 Å². The Kier molecular flexibility index (Phi) is 4.64. The lowest BCUT2D eigenvalue weighted by molar-refractivity contribution is 0.253. The quantitative estimate of drug-likeness (QED) is 0.525. The van der Waals surface area contributed by atoms with E-state index in [1.807, 2.05) is 13.8 Å². The predicted molar refractivity (Wildman–Crippen MR) is 51.7 cm³/mol. The zero-order valence-corrected chi connectivity index (χ0v) is 8.47. The van der Waals surface area contributed by atoms with E-state index in [4.69, 9.17) is 5.26 Å². The summed E-state index contributed by atoms with van der Waals surface area (Å²) >= 11 is 0. The summed E-state index contributed by atoms with van der Waals surface area (Å²) < 4.78 is 12.0. The van der Waals surface area contributed by atoms with Gasteiger partial charge in [0.05, 0.1) is 11.5 Å². The number of nitrogens with zero attached hydrogens (tertiary/aromatic N) is 1. The minimum atomic E-state index is -0.596. The molecule has 0 rings (SSSR count). The summed E-state index contributed by atoms with van der Waals surface area (Å²) in [5.41, 5.74) is -0.596. The SMILES string of the molecule is C=CC(C)(C#N)[C@@H](C)C(C)NCF. The Labute approximate surface area is 79.4 Å². The summed E-state index contributed by atoms with van der Waals surface area (Å²) in [6.07, 6.45) is 1.62. The number of hydrogen-bond acceptors (Lipinski definition) is 2. The lowest BCUT2D eigenvalue weighted by Gasteiger charge is -2.30. The Morgan fingerprint density at radius 2 is 2.23 bits per heavy atom. The highest BCUT2D eigenvalue weighted by Gasteiger charge is 2.31. The second-order valence-electron chi connectivity index (χ2n) is 3.51. The first-order valence-electron chi connectivity index (χ1n) is 4.36. The predicted octanol–water partition coefficient (Wildman–Crippen LogP) is 2.24. The van der Waals surface area contributed by atoms with Gasteiger partial charge in [0.1, 0.15) is 6.80 Å². The maximum absolute atomic E-state index is 12.0. The number of allylic oxidation sites excluding steroid dienone is 1. The summed E-state index contributed by atoms with van der Waals surface area (Å²) in [4.78, 5) is 0. The second-order valence-corrected chi connectivity index (χ2v) is 3.51. The normalized spacial score (nSPS) is 19.6. The van der Waals surface area contributed by atoms with Crippen LogP contribution in [0.1, 0.15) is 20.8 Å². The largest absolute Gasteiger partial charge is 0.288 e. The van der Waals surface area contributed by atoms with Crippen LogP contribution in [0.5, 0.6) is 0 Å². The molecule has 0 spiro atoms. The maximum Gasteiger partial charge on any atom is 0.140 e. The minimum Gasteiger partial charge on any atom is -0.288 e. The van der Waals surface area contributed by atoms with Crippen LogP contribution in [-0.4, -0.2) is 12.8 Å². The third-order valence-electron chi connectivity index (χ3n) is 2.76. The van der Waals surface area contributed by atoms with Crippen LogP contribution >= 0.6 is 0 Å². The number of rotatable bonds is 5. The zero-order valence-electron chi connectivity index (χ0n) is 8.47. The van der Waals surface area contributed by atoms with Crippen molar-refractivity contribution in [3.63, 3.8) is 0 Å². The molecule has 0 aliphatic heterocycles. The van der Waals surface area contributed by atoms with Crippen LogP contribution in [0.3, 0.4) is 0 Å². The monoisotopic (exact) mass is 184 g/mol. The van der Waals surface area contributed by atoms with Crippen LogP contribution in [-0.2, 0) is 0 Å². The number of alkyl halides is 1. The van der Waals surface area contributed by atoms with Crippen molar-refractivity contribution in [1.82, 2.24) is 5.32 Å². The Bertz CT molecular complexity index is 209. The molecular weight excluding hydrogens is 167 g/mol. The summed E-state index contributed by atoms with van der Waals surface area (Å²) in [6, 6.07) is 2.15. The summed E-state index contributed by atoms with van der Waals surface area (Å²) in [5.74, 6) is 0.0331. The molecule has 1 N–H and O–H groups in total. The molecule has 3 heteroatoms. The molecule has 0 radical (unpaired) electrons. The summed E-state index contributed by atoms with van der Waals surface area (Å²) in [7, 11) is 0. The van der Waals surface area contributed by atoms with Crippen LogP contribution in [0.4, 0.5) is 4.39 Å². The molecule has 0 fully saturated rings. The fraction of sp³-hybridized carbons (Fsp3) is 0.700. The molecule has 0 amide bonds. The van der Waals surface area contributed by atoms with Gasteiger partial charge in [-0.25, -0.2) is 4.39 Å². The standard InChI is InChI=1S/C10H17FN2/c1-5-10(4,6-12)8(2)9(3)13-7-11/h5,8-9,13H,1,7H2,2-4H3/t8-,9?,10?/m0/s1. The fourth-order valence-electron chi connectivity index (χ4n) is 1.15. The number of hydrogen-bond donors (Lipinski definition) is 1. The van der Waals surface area contributed by atoms with E-state index in [0.717, 1.165) is 0 Å². The molecule has 0 aliphatic carbocycles. The molecule has 0 aromatic rings. The number of nitriles is 1. The Morgan fingerprint density at radius 1 is 1.69 bits per heavy atom. The smallest absolute Gasteiger partial charge is 0.140 e. The first-order valence-corrected chi connectivity index (χ1v) is 4.36. The van der Waals surface area contributed by atoms with E-state index in [9.17, 15) is 4.39 Å². The Morgan fingerprint density at radius 3 is 2.54 bits per heavy atom. The third kappa shape index (κ3) is 2.82. The van der Waals surface area contributed by atoms with Gasteiger partial charge in [0.25, 0.3) is 0 Å². The van der Waals surface area contributed by atoms with Gasteiger partial charge in [0, 0.05) is 6.04 Å². The molecule has 0 saturated heterocycles. The van der Waals surface area contributed by atoms with Crippen LogP contribution in [0.15, 0.2) is 12.7 Å². The van der Waals surface area contributed by atoms with Crippen molar-refractivity contribution in [3.05, 3.63) is 12.7 Å². The van der Waals surface area contributed by atoms with Crippen molar-refractivity contribution < 1.29 is 4.39 Å². The van der Waals surface area contributed by atoms with Crippen LogP contribution < -0.4 is 5.32 Å². The van der Waals surface area contributed by atoms with Gasteiger partial charge in [-0.2, -0.15) is 5.26 Å². The zero-order chi connectivity index (χ0) is 10.5. The summed E-state index contributed by atoms with van der Waals surface area (Å²) in [6.45, 7) is 8.64. The molecule has 0 heterocycles. The first kappa shape index (κ1) is 12.1. The third-order valence-corrected chi connectivity index (χ3v) is 2.76. The number of halogens is 1. The lowest BCUT2D eigenvalue weighted by Crippen LogP contribution is -2.39. The van der Waals surface area contributed by atoms with Gasteiger partial charge in [-0.05, 0) is 19.8 Å². The van der Waals surface area contributed by atoms with Crippen molar-refractivity contribution >= 4 is 0 Å². The van der Waals surface area contributed by atoms with E-state index in [2.05, 4.69) is 18.0 Å². The van der Waals surface area contributed by atoms with Crippen molar-refractivity contribution in [1.29, 1.82) is 5.26 Å². The van der Waals surface area contributed by atoms with Crippen molar-refractivity contribution in [2.75, 3.05) is 6.80 Å². The van der Waals surface area contributed by atoms with E-state index in [1.165, 1.54) is 0 Å². The average molecular weight is 184 g/mol.